The number of piperidine rings is 2. The Bertz CT molecular complexity index is 318. The van der Waals surface area contributed by atoms with Crippen LogP contribution in [-0.4, -0.2) is 48.6 Å². The van der Waals surface area contributed by atoms with Crippen LogP contribution in [0.15, 0.2) is 0 Å². The topological polar surface area (TPSA) is 6.48 Å². The lowest BCUT2D eigenvalue weighted by Crippen LogP contribution is -2.47. The Hall–Kier alpha value is -0.0800. The molecule has 27 heavy (non-hydrogen) atoms. The summed E-state index contributed by atoms with van der Waals surface area (Å²) in [5, 5.41) is 0. The van der Waals surface area contributed by atoms with Crippen molar-refractivity contribution in [2.45, 2.75) is 129 Å². The summed E-state index contributed by atoms with van der Waals surface area (Å²) in [5.41, 5.74) is 0. The van der Waals surface area contributed by atoms with Gasteiger partial charge in [-0.1, -0.05) is 90.4 Å². The van der Waals surface area contributed by atoms with Crippen LogP contribution in [0.2, 0.25) is 0 Å². The average molecular weight is 379 g/mol. The molecule has 0 N–H and O–H groups in total. The van der Waals surface area contributed by atoms with Crippen LogP contribution < -0.4 is 0 Å². The summed E-state index contributed by atoms with van der Waals surface area (Å²) >= 11 is 0. The first-order chi connectivity index (χ1) is 13.4. The molecule has 2 rings (SSSR count). The molecule has 0 bridgehead atoms. The van der Waals surface area contributed by atoms with Crippen LogP contribution in [0, 0.1) is 0 Å². The van der Waals surface area contributed by atoms with E-state index in [9.17, 15) is 0 Å². The summed E-state index contributed by atoms with van der Waals surface area (Å²) in [6.07, 6.45) is 26.2. The quantitative estimate of drug-likeness (QED) is 0.282. The highest BCUT2D eigenvalue weighted by molar-refractivity contribution is 4.79. The minimum atomic E-state index is 0.849. The van der Waals surface area contributed by atoms with Crippen molar-refractivity contribution in [1.82, 2.24) is 9.80 Å². The number of nitrogens with zero attached hydrogens (tertiary/aromatic N) is 2. The van der Waals surface area contributed by atoms with Crippen LogP contribution in [0.3, 0.4) is 0 Å². The van der Waals surface area contributed by atoms with E-state index in [1.807, 2.05) is 0 Å². The van der Waals surface area contributed by atoms with Gasteiger partial charge in [0.1, 0.15) is 0 Å². The van der Waals surface area contributed by atoms with Crippen LogP contribution in [0.5, 0.6) is 0 Å². The predicted octanol–water partition coefficient (Wildman–Crippen LogP) is 7.03. The Balaban J connectivity index is 1.53. The molecule has 0 saturated carbocycles. The van der Waals surface area contributed by atoms with Crippen molar-refractivity contribution in [2.24, 2.45) is 0 Å². The van der Waals surface area contributed by atoms with Gasteiger partial charge in [0.05, 0.1) is 0 Å². The standard InChI is InChI=1S/C25H50N2/c1-2-3-4-5-6-7-8-9-10-11-14-19-25(27-22-17-13-18-23-27)24-26-20-15-12-16-21-26/h25H,2-24H2,1H3. The summed E-state index contributed by atoms with van der Waals surface area (Å²) in [6, 6.07) is 0.849. The number of unbranched alkanes of at least 4 members (excludes halogenated alkanes) is 10. The van der Waals surface area contributed by atoms with Crippen LogP contribution >= 0.6 is 0 Å². The number of hydrogen-bond donors (Lipinski definition) is 0. The van der Waals surface area contributed by atoms with E-state index in [0.29, 0.717) is 0 Å². The number of likely N-dealkylation sites (tertiary alicyclic amines) is 2. The molecular formula is C25H50N2. The molecule has 0 radical (unpaired) electrons. The zero-order valence-electron chi connectivity index (χ0n) is 18.7. The fraction of sp³-hybridized carbons (Fsp3) is 1.00. The maximum atomic E-state index is 2.86. The molecule has 2 saturated heterocycles. The molecule has 2 aliphatic rings. The van der Waals surface area contributed by atoms with E-state index in [1.165, 1.54) is 148 Å². The Morgan fingerprint density at radius 2 is 1.04 bits per heavy atom. The lowest BCUT2D eigenvalue weighted by atomic mass is 10.00. The minimum absolute atomic E-state index is 0.849. The predicted molar refractivity (Wildman–Crippen MR) is 121 cm³/mol. The van der Waals surface area contributed by atoms with E-state index >= 15 is 0 Å². The van der Waals surface area contributed by atoms with E-state index in [1.54, 1.807) is 0 Å². The van der Waals surface area contributed by atoms with Crippen molar-refractivity contribution < 1.29 is 0 Å². The van der Waals surface area contributed by atoms with E-state index < -0.39 is 0 Å². The lowest BCUT2D eigenvalue weighted by Gasteiger charge is -2.39. The van der Waals surface area contributed by atoms with Crippen LogP contribution in [-0.2, 0) is 0 Å². The molecule has 2 aliphatic heterocycles. The average Bonchev–Trinajstić information content (AvgIpc) is 2.72. The molecule has 0 aliphatic carbocycles. The van der Waals surface area contributed by atoms with Crippen molar-refractivity contribution >= 4 is 0 Å². The van der Waals surface area contributed by atoms with Gasteiger partial charge in [-0.25, -0.2) is 0 Å². The van der Waals surface area contributed by atoms with E-state index in [-0.39, 0.29) is 0 Å². The zero-order valence-corrected chi connectivity index (χ0v) is 18.7. The largest absolute Gasteiger partial charge is 0.302 e. The molecule has 2 fully saturated rings. The minimum Gasteiger partial charge on any atom is -0.302 e. The molecule has 1 atom stereocenters. The summed E-state index contributed by atoms with van der Waals surface area (Å²) in [6.45, 7) is 9.14. The third-order valence-corrected chi connectivity index (χ3v) is 6.97. The van der Waals surface area contributed by atoms with E-state index in [2.05, 4.69) is 16.7 Å². The Morgan fingerprint density at radius 1 is 0.556 bits per heavy atom. The summed E-state index contributed by atoms with van der Waals surface area (Å²) in [7, 11) is 0. The normalized spacial score (nSPS) is 20.8. The molecule has 1 unspecified atom stereocenters. The van der Waals surface area contributed by atoms with Gasteiger partial charge in [-0.3, -0.25) is 4.90 Å². The fourth-order valence-corrected chi connectivity index (χ4v) is 5.16. The van der Waals surface area contributed by atoms with Crippen molar-refractivity contribution in [2.75, 3.05) is 32.7 Å². The highest BCUT2D eigenvalue weighted by Crippen LogP contribution is 2.20. The van der Waals surface area contributed by atoms with Gasteiger partial charge in [-0.15, -0.1) is 0 Å². The van der Waals surface area contributed by atoms with Gasteiger partial charge in [-0.2, -0.15) is 0 Å². The Labute approximate surface area is 171 Å². The second-order valence-corrected chi connectivity index (χ2v) is 9.44. The van der Waals surface area contributed by atoms with Gasteiger partial charge in [0.25, 0.3) is 0 Å². The van der Waals surface area contributed by atoms with Gasteiger partial charge in [-0.05, 0) is 58.3 Å². The van der Waals surface area contributed by atoms with Gasteiger partial charge < -0.3 is 4.90 Å². The lowest BCUT2D eigenvalue weighted by molar-refractivity contribution is 0.101. The van der Waals surface area contributed by atoms with E-state index in [4.69, 9.17) is 0 Å². The van der Waals surface area contributed by atoms with E-state index in [0.717, 1.165) is 6.04 Å². The third-order valence-electron chi connectivity index (χ3n) is 6.97. The molecule has 2 heteroatoms. The summed E-state index contributed by atoms with van der Waals surface area (Å²) in [4.78, 5) is 5.63. The number of rotatable bonds is 15. The molecule has 160 valence electrons. The molecule has 0 aromatic rings. The smallest absolute Gasteiger partial charge is 0.0223 e. The second kappa shape index (κ2) is 15.8. The van der Waals surface area contributed by atoms with Crippen molar-refractivity contribution in [3.8, 4) is 0 Å². The maximum Gasteiger partial charge on any atom is 0.0223 e. The summed E-state index contributed by atoms with van der Waals surface area (Å²) < 4.78 is 0. The second-order valence-electron chi connectivity index (χ2n) is 9.44. The third kappa shape index (κ3) is 10.9. The van der Waals surface area contributed by atoms with Gasteiger partial charge in [0, 0.05) is 12.6 Å². The highest BCUT2D eigenvalue weighted by atomic mass is 15.2. The highest BCUT2D eigenvalue weighted by Gasteiger charge is 2.23. The molecule has 0 aromatic heterocycles. The van der Waals surface area contributed by atoms with Gasteiger partial charge in [0.2, 0.25) is 0 Å². The molecule has 0 amide bonds. The van der Waals surface area contributed by atoms with Crippen molar-refractivity contribution in [3.63, 3.8) is 0 Å². The van der Waals surface area contributed by atoms with Gasteiger partial charge >= 0.3 is 0 Å². The molecule has 0 spiro atoms. The van der Waals surface area contributed by atoms with Crippen LogP contribution in [0.1, 0.15) is 122 Å². The number of hydrogen-bond acceptors (Lipinski definition) is 2. The monoisotopic (exact) mass is 378 g/mol. The van der Waals surface area contributed by atoms with Crippen molar-refractivity contribution in [3.05, 3.63) is 0 Å². The van der Waals surface area contributed by atoms with Crippen LogP contribution in [0.4, 0.5) is 0 Å². The molecular weight excluding hydrogens is 328 g/mol. The van der Waals surface area contributed by atoms with Gasteiger partial charge in [0.15, 0.2) is 0 Å². The molecule has 2 heterocycles. The zero-order chi connectivity index (χ0) is 19.0. The Kier molecular flexibility index (Phi) is 13.6. The van der Waals surface area contributed by atoms with Crippen molar-refractivity contribution in [1.29, 1.82) is 0 Å². The van der Waals surface area contributed by atoms with Crippen LogP contribution in [0.25, 0.3) is 0 Å². The molecule has 2 nitrogen and oxygen atoms in total. The maximum absolute atomic E-state index is 2.86. The first kappa shape index (κ1) is 23.2. The SMILES string of the molecule is CCCCCCCCCCCCCC(CN1CCCCC1)N1CCCCC1. The Morgan fingerprint density at radius 3 is 1.59 bits per heavy atom. The fourth-order valence-electron chi connectivity index (χ4n) is 5.16. The first-order valence-corrected chi connectivity index (χ1v) is 12.9. The summed E-state index contributed by atoms with van der Waals surface area (Å²) in [5.74, 6) is 0. The first-order valence-electron chi connectivity index (χ1n) is 12.9. The molecule has 0 aromatic carbocycles.